The number of carbonyl (C=O) groups is 1. The van der Waals surface area contributed by atoms with E-state index in [0.29, 0.717) is 16.3 Å². The minimum atomic E-state index is -4.43. The lowest BCUT2D eigenvalue weighted by Gasteiger charge is -2.11. The Kier molecular flexibility index (Phi) is 4.22. The van der Waals surface area contributed by atoms with Gasteiger partial charge in [-0.3, -0.25) is 0 Å². The fourth-order valence-corrected chi connectivity index (χ4v) is 1.26. The first-order chi connectivity index (χ1) is 7.79. The van der Waals surface area contributed by atoms with Gasteiger partial charge in [0.05, 0.1) is 0 Å². The average molecular weight is 267 g/mol. The first-order valence-corrected chi connectivity index (χ1v) is 5.04. The Morgan fingerprint density at radius 1 is 1.41 bits per heavy atom. The Morgan fingerprint density at radius 3 is 2.65 bits per heavy atom. The normalized spacial score (nSPS) is 11.1. The van der Waals surface area contributed by atoms with Crippen molar-refractivity contribution in [2.24, 2.45) is 0 Å². The molecular formula is C10H10ClF3N2O. The zero-order valence-corrected chi connectivity index (χ0v) is 9.62. The minimum Gasteiger partial charge on any atom is -0.329 e. The third-order valence-electron chi connectivity index (χ3n) is 1.97. The van der Waals surface area contributed by atoms with Gasteiger partial charge in [-0.25, -0.2) is 4.79 Å². The van der Waals surface area contributed by atoms with Gasteiger partial charge in [0.15, 0.2) is 0 Å². The number of anilines is 1. The van der Waals surface area contributed by atoms with Crippen LogP contribution in [0.5, 0.6) is 0 Å². The molecule has 2 amide bonds. The maximum Gasteiger partial charge on any atom is 0.405 e. The Hall–Kier alpha value is -1.43. The molecule has 1 aromatic carbocycles. The summed E-state index contributed by atoms with van der Waals surface area (Å²) in [7, 11) is 0. The van der Waals surface area contributed by atoms with Crippen LogP contribution in [0, 0.1) is 6.92 Å². The maximum atomic E-state index is 11.8. The lowest BCUT2D eigenvalue weighted by molar-refractivity contribution is -0.122. The smallest absolute Gasteiger partial charge is 0.329 e. The van der Waals surface area contributed by atoms with Gasteiger partial charge in [-0.2, -0.15) is 13.2 Å². The van der Waals surface area contributed by atoms with Crippen LogP contribution in [0.15, 0.2) is 18.2 Å². The van der Waals surface area contributed by atoms with Crippen LogP contribution in [-0.2, 0) is 0 Å². The van der Waals surface area contributed by atoms with Gasteiger partial charge in [-0.15, -0.1) is 0 Å². The van der Waals surface area contributed by atoms with Crippen molar-refractivity contribution in [3.05, 3.63) is 28.8 Å². The van der Waals surface area contributed by atoms with Crippen molar-refractivity contribution in [3.63, 3.8) is 0 Å². The molecule has 0 aliphatic rings. The van der Waals surface area contributed by atoms with Crippen molar-refractivity contribution in [2.45, 2.75) is 13.1 Å². The van der Waals surface area contributed by atoms with Crippen LogP contribution >= 0.6 is 11.6 Å². The summed E-state index contributed by atoms with van der Waals surface area (Å²) in [5.41, 5.74) is 0.966. The molecule has 3 nitrogen and oxygen atoms in total. The van der Waals surface area contributed by atoms with Crippen LogP contribution in [0.3, 0.4) is 0 Å². The fourth-order valence-electron chi connectivity index (χ4n) is 1.09. The monoisotopic (exact) mass is 266 g/mol. The molecule has 0 spiro atoms. The molecule has 0 saturated heterocycles. The molecule has 0 aromatic heterocycles. The first-order valence-electron chi connectivity index (χ1n) is 4.66. The Morgan fingerprint density at radius 2 is 2.06 bits per heavy atom. The largest absolute Gasteiger partial charge is 0.405 e. The van der Waals surface area contributed by atoms with Crippen LogP contribution in [0.25, 0.3) is 0 Å². The molecule has 0 fully saturated rings. The predicted octanol–water partition coefficient (Wildman–Crippen LogP) is 3.33. The summed E-state index contributed by atoms with van der Waals surface area (Å²) in [5.74, 6) is 0. The van der Waals surface area contributed by atoms with Crippen LogP contribution in [-0.4, -0.2) is 18.8 Å². The van der Waals surface area contributed by atoms with Gasteiger partial charge in [-0.05, 0) is 24.6 Å². The summed E-state index contributed by atoms with van der Waals surface area (Å²) in [4.78, 5) is 11.2. The lowest BCUT2D eigenvalue weighted by atomic mass is 10.2. The van der Waals surface area contributed by atoms with E-state index in [0.717, 1.165) is 0 Å². The van der Waals surface area contributed by atoms with Gasteiger partial charge >= 0.3 is 12.2 Å². The van der Waals surface area contributed by atoms with E-state index in [2.05, 4.69) is 5.32 Å². The first kappa shape index (κ1) is 13.6. The molecule has 94 valence electrons. The second kappa shape index (κ2) is 5.27. The summed E-state index contributed by atoms with van der Waals surface area (Å²) < 4.78 is 35.5. The van der Waals surface area contributed by atoms with Crippen molar-refractivity contribution < 1.29 is 18.0 Å². The van der Waals surface area contributed by atoms with Crippen molar-refractivity contribution >= 4 is 23.3 Å². The van der Waals surface area contributed by atoms with Crippen LogP contribution in [0.2, 0.25) is 5.02 Å². The highest BCUT2D eigenvalue weighted by molar-refractivity contribution is 6.31. The number of amides is 2. The molecular weight excluding hydrogens is 257 g/mol. The van der Waals surface area contributed by atoms with Gasteiger partial charge in [0.1, 0.15) is 6.54 Å². The molecule has 2 N–H and O–H groups in total. The number of rotatable bonds is 2. The van der Waals surface area contributed by atoms with E-state index in [1.807, 2.05) is 0 Å². The molecule has 1 aromatic rings. The zero-order chi connectivity index (χ0) is 13.1. The predicted molar refractivity (Wildman–Crippen MR) is 59.3 cm³/mol. The number of benzene rings is 1. The van der Waals surface area contributed by atoms with E-state index >= 15 is 0 Å². The Balaban J connectivity index is 2.60. The number of urea groups is 1. The third-order valence-corrected chi connectivity index (χ3v) is 2.37. The molecule has 0 saturated carbocycles. The van der Waals surface area contributed by atoms with Gasteiger partial charge < -0.3 is 10.6 Å². The number of halogens is 4. The highest BCUT2D eigenvalue weighted by Crippen LogP contribution is 2.22. The molecule has 0 bridgehead atoms. The van der Waals surface area contributed by atoms with Crippen molar-refractivity contribution in [2.75, 3.05) is 11.9 Å². The SMILES string of the molecule is Cc1c(Cl)cccc1NC(=O)NCC(F)(F)F. The number of carbonyl (C=O) groups excluding carboxylic acids is 1. The zero-order valence-electron chi connectivity index (χ0n) is 8.86. The molecule has 0 aliphatic carbocycles. The summed E-state index contributed by atoms with van der Waals surface area (Å²) in [5, 5.41) is 4.42. The molecule has 0 aliphatic heterocycles. The standard InChI is InChI=1S/C10H10ClF3N2O/c1-6-7(11)3-2-4-8(6)16-9(17)15-5-10(12,13)14/h2-4H,5H2,1H3,(H2,15,16,17). The highest BCUT2D eigenvalue weighted by atomic mass is 35.5. The number of nitrogens with one attached hydrogen (secondary N) is 2. The van der Waals surface area contributed by atoms with E-state index in [9.17, 15) is 18.0 Å². The Labute approximate surface area is 101 Å². The molecule has 7 heteroatoms. The van der Waals surface area contributed by atoms with Crippen molar-refractivity contribution in [1.82, 2.24) is 5.32 Å². The quantitative estimate of drug-likeness (QED) is 0.847. The van der Waals surface area contributed by atoms with Crippen molar-refractivity contribution in [1.29, 1.82) is 0 Å². The van der Waals surface area contributed by atoms with Gasteiger partial charge in [0.25, 0.3) is 0 Å². The van der Waals surface area contributed by atoms with E-state index in [-0.39, 0.29) is 0 Å². The topological polar surface area (TPSA) is 41.1 Å². The molecule has 0 radical (unpaired) electrons. The summed E-state index contributed by atoms with van der Waals surface area (Å²) in [6.45, 7) is 0.278. The van der Waals surface area contributed by atoms with Gasteiger partial charge in [-0.1, -0.05) is 17.7 Å². The van der Waals surface area contributed by atoms with Crippen LogP contribution < -0.4 is 10.6 Å². The average Bonchev–Trinajstić information content (AvgIpc) is 2.21. The summed E-state index contributed by atoms with van der Waals surface area (Å²) in [6, 6.07) is 3.84. The Bertz CT molecular complexity index is 421. The second-order valence-corrected chi connectivity index (χ2v) is 3.74. The summed E-state index contributed by atoms with van der Waals surface area (Å²) >= 11 is 5.80. The number of hydrogen-bond acceptors (Lipinski definition) is 1. The molecule has 17 heavy (non-hydrogen) atoms. The van der Waals surface area contributed by atoms with E-state index < -0.39 is 18.8 Å². The molecule has 0 heterocycles. The summed E-state index contributed by atoms with van der Waals surface area (Å²) in [6.07, 6.45) is -4.43. The van der Waals surface area contributed by atoms with Gasteiger partial charge in [0, 0.05) is 10.7 Å². The van der Waals surface area contributed by atoms with E-state index in [4.69, 9.17) is 11.6 Å². The molecule has 1 rings (SSSR count). The second-order valence-electron chi connectivity index (χ2n) is 3.34. The lowest BCUT2D eigenvalue weighted by Crippen LogP contribution is -2.36. The third kappa shape index (κ3) is 4.52. The van der Waals surface area contributed by atoms with Gasteiger partial charge in [0.2, 0.25) is 0 Å². The molecule has 0 unspecified atom stereocenters. The maximum absolute atomic E-state index is 11.8. The minimum absolute atomic E-state index is 0.372. The van der Waals surface area contributed by atoms with E-state index in [1.54, 1.807) is 30.4 Å². The van der Waals surface area contributed by atoms with Crippen LogP contribution in [0.1, 0.15) is 5.56 Å². The van der Waals surface area contributed by atoms with E-state index in [1.165, 1.54) is 0 Å². The number of alkyl halides is 3. The highest BCUT2D eigenvalue weighted by Gasteiger charge is 2.27. The van der Waals surface area contributed by atoms with Crippen LogP contribution in [0.4, 0.5) is 23.7 Å². The number of hydrogen-bond donors (Lipinski definition) is 2. The molecule has 0 atom stereocenters. The van der Waals surface area contributed by atoms with Crippen molar-refractivity contribution in [3.8, 4) is 0 Å². The fraction of sp³-hybridized carbons (Fsp3) is 0.300.